The van der Waals surface area contributed by atoms with Gasteiger partial charge in [0.05, 0.1) is 5.69 Å². The van der Waals surface area contributed by atoms with Gasteiger partial charge in [0.2, 0.25) is 0 Å². The summed E-state index contributed by atoms with van der Waals surface area (Å²) in [6.45, 7) is 4.40. The number of nitrogens with zero attached hydrogens (tertiary/aromatic N) is 1. The van der Waals surface area contributed by atoms with Gasteiger partial charge in [-0.3, -0.25) is 4.57 Å². The molecule has 0 saturated heterocycles. The summed E-state index contributed by atoms with van der Waals surface area (Å²) in [6.07, 6.45) is 4.90. The lowest BCUT2D eigenvalue weighted by atomic mass is 10.1. The molecule has 0 radical (unpaired) electrons. The summed E-state index contributed by atoms with van der Waals surface area (Å²) in [5.74, 6) is 0. The first-order chi connectivity index (χ1) is 9.56. The highest BCUT2D eigenvalue weighted by molar-refractivity contribution is 9.11. The number of rotatable bonds is 5. The van der Waals surface area contributed by atoms with E-state index in [4.69, 9.17) is 12.2 Å². The first kappa shape index (κ1) is 16.4. The van der Waals surface area contributed by atoms with E-state index in [0.29, 0.717) is 0 Å². The first-order valence-corrected chi connectivity index (χ1v) is 9.53. The molecule has 2 rings (SSSR count). The Labute approximate surface area is 146 Å². The minimum absolute atomic E-state index is 0.918. The maximum Gasteiger partial charge on any atom is 0.166 e. The van der Waals surface area contributed by atoms with Gasteiger partial charge in [0.25, 0.3) is 0 Å². The molecule has 0 N–H and O–H groups in total. The Balaban J connectivity index is 2.45. The molecule has 0 aliphatic rings. The van der Waals surface area contributed by atoms with Gasteiger partial charge in [-0.05, 0) is 76.0 Å². The zero-order valence-electron chi connectivity index (χ0n) is 11.6. The molecule has 2 aromatic rings. The van der Waals surface area contributed by atoms with Crippen molar-refractivity contribution in [1.82, 2.24) is 4.57 Å². The first-order valence-electron chi connectivity index (χ1n) is 6.72. The largest absolute Gasteiger partial charge is 0.294 e. The molecule has 0 spiro atoms. The molecule has 1 nitrogen and oxygen atoms in total. The third-order valence-corrected chi connectivity index (χ3v) is 6.12. The van der Waals surface area contributed by atoms with Crippen molar-refractivity contribution in [3.63, 3.8) is 0 Å². The standard InChI is InChI=1S/C15H17Br2NS2/c1-3-4-5-9-13-10(2)18(15(19)20-13)14-11(16)7-6-8-12(14)17/h6-8H,3-5,9H2,1-2H3. The van der Waals surface area contributed by atoms with Crippen LogP contribution in [-0.2, 0) is 6.42 Å². The van der Waals surface area contributed by atoms with Crippen LogP contribution >= 0.6 is 55.4 Å². The zero-order valence-corrected chi connectivity index (χ0v) is 16.4. The van der Waals surface area contributed by atoms with Gasteiger partial charge in [-0.25, -0.2) is 0 Å². The predicted octanol–water partition coefficient (Wildman–Crippen LogP) is 6.83. The minimum Gasteiger partial charge on any atom is -0.294 e. The highest BCUT2D eigenvalue weighted by Crippen LogP contribution is 2.33. The van der Waals surface area contributed by atoms with Gasteiger partial charge in [0, 0.05) is 19.5 Å². The summed E-state index contributed by atoms with van der Waals surface area (Å²) in [6, 6.07) is 6.12. The third kappa shape index (κ3) is 3.43. The van der Waals surface area contributed by atoms with Crippen molar-refractivity contribution in [3.05, 3.63) is 41.7 Å². The Morgan fingerprint density at radius 1 is 1.20 bits per heavy atom. The molecule has 0 unspecified atom stereocenters. The van der Waals surface area contributed by atoms with Crippen LogP contribution in [0.4, 0.5) is 0 Å². The lowest BCUT2D eigenvalue weighted by Crippen LogP contribution is -2.00. The second-order valence-electron chi connectivity index (χ2n) is 4.74. The monoisotopic (exact) mass is 433 g/mol. The summed E-state index contributed by atoms with van der Waals surface area (Å²) in [5, 5.41) is 0. The predicted molar refractivity (Wildman–Crippen MR) is 97.8 cm³/mol. The third-order valence-electron chi connectivity index (χ3n) is 3.30. The summed E-state index contributed by atoms with van der Waals surface area (Å²) in [5.41, 5.74) is 2.37. The maximum atomic E-state index is 5.58. The summed E-state index contributed by atoms with van der Waals surface area (Å²) in [4.78, 5) is 1.41. The Bertz CT molecular complexity index is 638. The molecule has 20 heavy (non-hydrogen) atoms. The van der Waals surface area contributed by atoms with E-state index in [2.05, 4.69) is 62.4 Å². The van der Waals surface area contributed by atoms with Gasteiger partial charge in [-0.15, -0.1) is 11.3 Å². The van der Waals surface area contributed by atoms with Crippen LogP contribution in [0.3, 0.4) is 0 Å². The lowest BCUT2D eigenvalue weighted by molar-refractivity contribution is 0.718. The molecule has 0 saturated carbocycles. The van der Waals surface area contributed by atoms with E-state index in [-0.39, 0.29) is 0 Å². The fraction of sp³-hybridized carbons (Fsp3) is 0.400. The fourth-order valence-corrected chi connectivity index (χ4v) is 5.11. The van der Waals surface area contributed by atoms with E-state index in [1.165, 1.54) is 29.8 Å². The van der Waals surface area contributed by atoms with Crippen LogP contribution in [0.5, 0.6) is 0 Å². The van der Waals surface area contributed by atoms with Crippen molar-refractivity contribution in [3.8, 4) is 5.69 Å². The summed E-state index contributed by atoms with van der Waals surface area (Å²) >= 11 is 14.6. The van der Waals surface area contributed by atoms with Gasteiger partial charge in [-0.2, -0.15) is 0 Å². The van der Waals surface area contributed by atoms with E-state index in [1.807, 2.05) is 6.07 Å². The minimum atomic E-state index is 0.918. The van der Waals surface area contributed by atoms with Crippen molar-refractivity contribution in [2.24, 2.45) is 0 Å². The number of thiazole rings is 1. The topological polar surface area (TPSA) is 4.93 Å². The molecular formula is C15H17Br2NS2. The van der Waals surface area contributed by atoms with Crippen LogP contribution in [0.2, 0.25) is 0 Å². The molecule has 0 aliphatic heterocycles. The number of hydrogen-bond donors (Lipinski definition) is 0. The quantitative estimate of drug-likeness (QED) is 0.368. The van der Waals surface area contributed by atoms with Crippen LogP contribution in [0.25, 0.3) is 5.69 Å². The van der Waals surface area contributed by atoms with Gasteiger partial charge in [0.1, 0.15) is 0 Å². The number of aryl methyl sites for hydroxylation is 1. The van der Waals surface area contributed by atoms with Crippen LogP contribution in [0.1, 0.15) is 36.8 Å². The number of benzene rings is 1. The van der Waals surface area contributed by atoms with E-state index < -0.39 is 0 Å². The van der Waals surface area contributed by atoms with Crippen LogP contribution in [-0.4, -0.2) is 4.57 Å². The fourth-order valence-electron chi connectivity index (χ4n) is 2.22. The number of aromatic nitrogens is 1. The Morgan fingerprint density at radius 2 is 1.85 bits per heavy atom. The molecular weight excluding hydrogens is 418 g/mol. The Kier molecular flexibility index (Phi) is 6.02. The van der Waals surface area contributed by atoms with Crippen molar-refractivity contribution >= 4 is 55.4 Å². The lowest BCUT2D eigenvalue weighted by Gasteiger charge is -2.11. The van der Waals surface area contributed by atoms with Gasteiger partial charge in [0.15, 0.2) is 3.95 Å². The van der Waals surface area contributed by atoms with Crippen molar-refractivity contribution in [2.75, 3.05) is 0 Å². The van der Waals surface area contributed by atoms with Gasteiger partial charge < -0.3 is 0 Å². The van der Waals surface area contributed by atoms with E-state index >= 15 is 0 Å². The van der Waals surface area contributed by atoms with Crippen molar-refractivity contribution in [2.45, 2.75) is 39.5 Å². The van der Waals surface area contributed by atoms with E-state index in [0.717, 1.165) is 25.0 Å². The molecule has 0 aliphatic carbocycles. The normalized spacial score (nSPS) is 11.0. The molecule has 1 aromatic carbocycles. The van der Waals surface area contributed by atoms with Gasteiger partial charge in [-0.1, -0.05) is 25.8 Å². The number of halogens is 2. The highest BCUT2D eigenvalue weighted by atomic mass is 79.9. The highest BCUT2D eigenvalue weighted by Gasteiger charge is 2.14. The zero-order chi connectivity index (χ0) is 14.7. The average Bonchev–Trinajstić information content (AvgIpc) is 2.67. The molecule has 0 fully saturated rings. The number of unbranched alkanes of at least 4 members (excludes halogenated alkanes) is 2. The SMILES string of the molecule is CCCCCc1sc(=S)n(-c2c(Br)cccc2Br)c1C. The Morgan fingerprint density at radius 3 is 2.45 bits per heavy atom. The molecule has 5 heteroatoms. The van der Waals surface area contributed by atoms with Crippen LogP contribution in [0.15, 0.2) is 27.1 Å². The van der Waals surface area contributed by atoms with Crippen LogP contribution in [0, 0.1) is 10.9 Å². The maximum absolute atomic E-state index is 5.58. The summed E-state index contributed by atoms with van der Waals surface area (Å²) < 4.78 is 5.21. The Hall–Kier alpha value is 0.0300. The van der Waals surface area contributed by atoms with E-state index in [1.54, 1.807) is 11.3 Å². The van der Waals surface area contributed by atoms with E-state index in [9.17, 15) is 0 Å². The molecule has 1 aromatic heterocycles. The molecule has 0 bridgehead atoms. The van der Waals surface area contributed by atoms with Gasteiger partial charge >= 0.3 is 0 Å². The smallest absolute Gasteiger partial charge is 0.166 e. The van der Waals surface area contributed by atoms with Crippen molar-refractivity contribution in [1.29, 1.82) is 0 Å². The number of para-hydroxylation sites is 1. The second-order valence-corrected chi connectivity index (χ2v) is 8.18. The molecule has 0 amide bonds. The molecule has 1 heterocycles. The van der Waals surface area contributed by atoms with Crippen molar-refractivity contribution < 1.29 is 0 Å². The molecule has 0 atom stereocenters. The summed E-state index contributed by atoms with van der Waals surface area (Å²) in [7, 11) is 0. The average molecular weight is 435 g/mol. The second kappa shape index (κ2) is 7.34. The van der Waals surface area contributed by atoms with Crippen LogP contribution < -0.4 is 0 Å². The molecule has 108 valence electrons. The number of hydrogen-bond acceptors (Lipinski definition) is 2.